The number of hydrogen-bond donors (Lipinski definition) is 1. The zero-order valence-electron chi connectivity index (χ0n) is 14.4. The van der Waals surface area contributed by atoms with Crippen molar-refractivity contribution in [3.8, 4) is 27.6 Å². The first-order valence-electron chi connectivity index (χ1n) is 8.08. The fraction of sp³-hybridized carbons (Fsp3) is 0.200. The Hall–Kier alpha value is -2.66. The number of anilines is 1. The number of thiazole rings is 1. The maximum atomic E-state index is 11.7. The first-order chi connectivity index (χ1) is 12.1. The van der Waals surface area contributed by atoms with E-state index >= 15 is 0 Å². The summed E-state index contributed by atoms with van der Waals surface area (Å²) < 4.78 is 5.19. The third-order valence-electron chi connectivity index (χ3n) is 3.81. The lowest BCUT2D eigenvalue weighted by Gasteiger charge is -2.07. The number of benzene rings is 2. The summed E-state index contributed by atoms with van der Waals surface area (Å²) >= 11 is 1.61. The van der Waals surface area contributed by atoms with Crippen molar-refractivity contribution in [1.29, 1.82) is 0 Å². The van der Waals surface area contributed by atoms with Crippen LogP contribution in [-0.2, 0) is 4.79 Å². The van der Waals surface area contributed by atoms with Crippen LogP contribution in [0.25, 0.3) is 21.8 Å². The molecular weight excluding hydrogens is 332 g/mol. The molecule has 1 heterocycles. The first kappa shape index (κ1) is 17.2. The van der Waals surface area contributed by atoms with Crippen molar-refractivity contribution in [2.24, 2.45) is 5.92 Å². The van der Waals surface area contributed by atoms with Gasteiger partial charge in [0.05, 0.1) is 12.8 Å². The molecule has 5 heteroatoms. The number of rotatable bonds is 5. The molecular formula is C20H20N2O2S. The van der Waals surface area contributed by atoms with E-state index < -0.39 is 0 Å². The Labute approximate surface area is 151 Å². The van der Waals surface area contributed by atoms with Crippen molar-refractivity contribution < 1.29 is 9.53 Å². The number of ether oxygens (including phenoxy) is 1. The molecule has 1 aromatic heterocycles. The van der Waals surface area contributed by atoms with Crippen LogP contribution in [0.15, 0.2) is 53.9 Å². The minimum atomic E-state index is -0.0368. The summed E-state index contributed by atoms with van der Waals surface area (Å²) in [6, 6.07) is 15.6. The van der Waals surface area contributed by atoms with Crippen LogP contribution in [0.3, 0.4) is 0 Å². The summed E-state index contributed by atoms with van der Waals surface area (Å²) in [6.45, 7) is 3.75. The number of hydrogen-bond acceptors (Lipinski definition) is 4. The van der Waals surface area contributed by atoms with Gasteiger partial charge in [-0.2, -0.15) is 0 Å². The van der Waals surface area contributed by atoms with E-state index in [0.29, 0.717) is 0 Å². The van der Waals surface area contributed by atoms with Crippen LogP contribution in [0.1, 0.15) is 13.8 Å². The zero-order chi connectivity index (χ0) is 17.8. The minimum Gasteiger partial charge on any atom is -0.497 e. The lowest BCUT2D eigenvalue weighted by molar-refractivity contribution is -0.118. The molecule has 3 rings (SSSR count). The van der Waals surface area contributed by atoms with Crippen molar-refractivity contribution in [3.05, 3.63) is 53.9 Å². The van der Waals surface area contributed by atoms with Gasteiger partial charge in [-0.25, -0.2) is 4.98 Å². The van der Waals surface area contributed by atoms with Gasteiger partial charge in [-0.1, -0.05) is 26.0 Å². The van der Waals surface area contributed by atoms with Gasteiger partial charge < -0.3 is 10.1 Å². The number of aromatic nitrogens is 1. The van der Waals surface area contributed by atoms with Crippen LogP contribution < -0.4 is 10.1 Å². The van der Waals surface area contributed by atoms with E-state index in [4.69, 9.17) is 9.72 Å². The predicted molar refractivity (Wildman–Crippen MR) is 103 cm³/mol. The zero-order valence-corrected chi connectivity index (χ0v) is 15.3. The number of methoxy groups -OCH3 is 1. The monoisotopic (exact) mass is 352 g/mol. The second kappa shape index (κ2) is 7.49. The molecule has 0 unspecified atom stereocenters. The molecule has 128 valence electrons. The van der Waals surface area contributed by atoms with Crippen LogP contribution >= 0.6 is 11.3 Å². The molecule has 4 nitrogen and oxygen atoms in total. The maximum Gasteiger partial charge on any atom is 0.226 e. The number of nitrogens with zero attached hydrogens (tertiary/aromatic N) is 1. The molecule has 0 radical (unpaired) electrons. The van der Waals surface area contributed by atoms with Crippen molar-refractivity contribution in [1.82, 2.24) is 4.98 Å². The summed E-state index contributed by atoms with van der Waals surface area (Å²) in [6.07, 6.45) is 0. The fourth-order valence-electron chi connectivity index (χ4n) is 2.28. The van der Waals surface area contributed by atoms with Gasteiger partial charge in [0.2, 0.25) is 5.91 Å². The van der Waals surface area contributed by atoms with Crippen LogP contribution in [0, 0.1) is 5.92 Å². The standard InChI is InChI=1S/C20H20N2O2S/c1-13(2)19(23)21-16-8-4-14(5-9-16)18-12-25-20(22-18)15-6-10-17(24-3)11-7-15/h4-13H,1-3H3,(H,21,23). The number of carbonyl (C=O) groups excluding carboxylic acids is 1. The lowest BCUT2D eigenvalue weighted by Crippen LogP contribution is -2.17. The smallest absolute Gasteiger partial charge is 0.226 e. The van der Waals surface area contributed by atoms with Crippen molar-refractivity contribution >= 4 is 22.9 Å². The molecule has 25 heavy (non-hydrogen) atoms. The first-order valence-corrected chi connectivity index (χ1v) is 8.96. The predicted octanol–water partition coefficient (Wildman–Crippen LogP) is 5.08. The number of amides is 1. The molecule has 0 atom stereocenters. The second-order valence-corrected chi connectivity index (χ2v) is 6.85. The normalized spacial score (nSPS) is 10.7. The Balaban J connectivity index is 1.76. The fourth-order valence-corrected chi connectivity index (χ4v) is 3.12. The quantitative estimate of drug-likeness (QED) is 0.696. The molecule has 1 N–H and O–H groups in total. The highest BCUT2D eigenvalue weighted by atomic mass is 32.1. The van der Waals surface area contributed by atoms with Crippen LogP contribution in [0.4, 0.5) is 5.69 Å². The van der Waals surface area contributed by atoms with Crippen molar-refractivity contribution in [2.45, 2.75) is 13.8 Å². The molecule has 0 aliphatic heterocycles. The largest absolute Gasteiger partial charge is 0.497 e. The number of nitrogens with one attached hydrogen (secondary N) is 1. The van der Waals surface area contributed by atoms with Gasteiger partial charge in [0, 0.05) is 28.1 Å². The molecule has 0 aliphatic rings. The van der Waals surface area contributed by atoms with Crippen LogP contribution in [0.2, 0.25) is 0 Å². The Bertz CT molecular complexity index is 852. The van der Waals surface area contributed by atoms with Gasteiger partial charge in [0.1, 0.15) is 10.8 Å². The summed E-state index contributed by atoms with van der Waals surface area (Å²) in [5.74, 6) is 0.813. The van der Waals surface area contributed by atoms with Crippen molar-refractivity contribution in [2.75, 3.05) is 12.4 Å². The molecule has 0 bridgehead atoms. The highest BCUT2D eigenvalue weighted by molar-refractivity contribution is 7.13. The van der Waals surface area contributed by atoms with E-state index in [0.717, 1.165) is 33.3 Å². The highest BCUT2D eigenvalue weighted by Crippen LogP contribution is 2.30. The minimum absolute atomic E-state index is 0.0169. The van der Waals surface area contributed by atoms with E-state index in [1.54, 1.807) is 18.4 Å². The van der Waals surface area contributed by atoms with Gasteiger partial charge in [0.25, 0.3) is 0 Å². The Morgan fingerprint density at radius 2 is 1.68 bits per heavy atom. The Kier molecular flexibility index (Phi) is 5.14. The highest BCUT2D eigenvalue weighted by Gasteiger charge is 2.09. The van der Waals surface area contributed by atoms with Crippen molar-refractivity contribution in [3.63, 3.8) is 0 Å². The van der Waals surface area contributed by atoms with Crippen LogP contribution in [-0.4, -0.2) is 18.0 Å². The number of carbonyl (C=O) groups is 1. The Morgan fingerprint density at radius 1 is 1.04 bits per heavy atom. The van der Waals surface area contributed by atoms with E-state index in [2.05, 4.69) is 5.32 Å². The molecule has 0 fully saturated rings. The van der Waals surface area contributed by atoms with Gasteiger partial charge in [-0.15, -0.1) is 11.3 Å². The van der Waals surface area contributed by atoms with E-state index in [-0.39, 0.29) is 11.8 Å². The third kappa shape index (κ3) is 4.06. The van der Waals surface area contributed by atoms with E-state index in [1.807, 2.05) is 67.8 Å². The van der Waals surface area contributed by atoms with Crippen LogP contribution in [0.5, 0.6) is 5.75 Å². The van der Waals surface area contributed by atoms with E-state index in [1.165, 1.54) is 0 Å². The third-order valence-corrected chi connectivity index (χ3v) is 4.71. The molecule has 0 saturated heterocycles. The summed E-state index contributed by atoms with van der Waals surface area (Å²) in [5.41, 5.74) is 3.82. The Morgan fingerprint density at radius 3 is 2.28 bits per heavy atom. The van der Waals surface area contributed by atoms with Gasteiger partial charge in [-0.05, 0) is 36.4 Å². The topological polar surface area (TPSA) is 51.2 Å². The average Bonchev–Trinajstić information content (AvgIpc) is 3.12. The van der Waals surface area contributed by atoms with Gasteiger partial charge in [0.15, 0.2) is 0 Å². The molecule has 0 saturated carbocycles. The molecule has 0 spiro atoms. The molecule has 3 aromatic rings. The summed E-state index contributed by atoms with van der Waals surface area (Å²) in [5, 5.41) is 5.90. The SMILES string of the molecule is COc1ccc(-c2nc(-c3ccc(NC(=O)C(C)C)cc3)cs2)cc1. The van der Waals surface area contributed by atoms with E-state index in [9.17, 15) is 4.79 Å². The van der Waals surface area contributed by atoms with Gasteiger partial charge >= 0.3 is 0 Å². The molecule has 0 aliphatic carbocycles. The van der Waals surface area contributed by atoms with Gasteiger partial charge in [-0.3, -0.25) is 4.79 Å². The lowest BCUT2D eigenvalue weighted by atomic mass is 10.1. The average molecular weight is 352 g/mol. The maximum absolute atomic E-state index is 11.7. The summed E-state index contributed by atoms with van der Waals surface area (Å²) in [7, 11) is 1.66. The second-order valence-electron chi connectivity index (χ2n) is 5.99. The summed E-state index contributed by atoms with van der Waals surface area (Å²) in [4.78, 5) is 16.5. The molecule has 2 aromatic carbocycles. The molecule has 1 amide bonds.